The number of nitrogens with zero attached hydrogens (tertiary/aromatic N) is 2. The number of carbonyl (C=O) groups excluding carboxylic acids is 1. The molecule has 0 unspecified atom stereocenters. The Bertz CT molecular complexity index is 1030. The van der Waals surface area contributed by atoms with E-state index in [9.17, 15) is 9.18 Å². The molecule has 2 saturated heterocycles. The predicted octanol–water partition coefficient (Wildman–Crippen LogP) is 3.92. The summed E-state index contributed by atoms with van der Waals surface area (Å²) < 4.78 is 25.6. The number of rotatable bonds is 4. The zero-order chi connectivity index (χ0) is 19.8. The molecule has 0 spiro atoms. The minimum atomic E-state index is -0.632. The van der Waals surface area contributed by atoms with E-state index in [1.54, 1.807) is 6.07 Å². The van der Waals surface area contributed by atoms with Gasteiger partial charge in [0, 0.05) is 13.2 Å². The lowest BCUT2D eigenvalue weighted by molar-refractivity contribution is -0.161. The van der Waals surface area contributed by atoms with Gasteiger partial charge in [-0.05, 0) is 36.6 Å². The maximum Gasteiger partial charge on any atom is 0.317 e. The van der Waals surface area contributed by atoms with Gasteiger partial charge in [0.1, 0.15) is 11.9 Å². The molecule has 5 rings (SSSR count). The van der Waals surface area contributed by atoms with E-state index >= 15 is 0 Å². The molecule has 2 aliphatic rings. The molecule has 3 heterocycles. The van der Waals surface area contributed by atoms with E-state index in [1.165, 1.54) is 23.5 Å². The smallest absolute Gasteiger partial charge is 0.317 e. The molecular weight excluding hydrogens is 391 g/mol. The standard InChI is InChI=1S/C22H21FN2O3S/c23-16-6-7-18-19(12-16)29-21(24-18)25-13-17(14-25)28-20(26)22(8-10-27-11-9-22)15-4-2-1-3-5-15/h1-7,12,17H,8-11,13-14H2. The Morgan fingerprint density at radius 1 is 1.17 bits per heavy atom. The summed E-state index contributed by atoms with van der Waals surface area (Å²) in [4.78, 5) is 19.8. The fourth-order valence-corrected chi connectivity index (χ4v) is 5.05. The van der Waals surface area contributed by atoms with Gasteiger partial charge in [0.05, 0.1) is 28.7 Å². The van der Waals surface area contributed by atoms with E-state index in [0.717, 1.165) is 20.9 Å². The second-order valence-corrected chi connectivity index (χ2v) is 8.61. The number of thiazole rings is 1. The van der Waals surface area contributed by atoms with Gasteiger partial charge < -0.3 is 14.4 Å². The van der Waals surface area contributed by atoms with Crippen molar-refractivity contribution >= 4 is 32.7 Å². The van der Waals surface area contributed by atoms with Gasteiger partial charge in [-0.15, -0.1) is 0 Å². The highest BCUT2D eigenvalue weighted by Gasteiger charge is 2.45. The second kappa shape index (κ2) is 7.39. The quantitative estimate of drug-likeness (QED) is 0.608. The molecule has 0 amide bonds. The van der Waals surface area contributed by atoms with E-state index in [1.807, 2.05) is 30.3 Å². The van der Waals surface area contributed by atoms with Gasteiger partial charge in [0.25, 0.3) is 0 Å². The lowest BCUT2D eigenvalue weighted by Crippen LogP contribution is -2.55. The number of ether oxygens (including phenoxy) is 2. The average molecular weight is 412 g/mol. The number of aromatic nitrogens is 1. The monoisotopic (exact) mass is 412 g/mol. The molecule has 0 bridgehead atoms. The average Bonchev–Trinajstić information content (AvgIpc) is 3.13. The summed E-state index contributed by atoms with van der Waals surface area (Å²) in [6, 6.07) is 14.5. The zero-order valence-corrected chi connectivity index (χ0v) is 16.7. The highest BCUT2D eigenvalue weighted by Crippen LogP contribution is 2.38. The Morgan fingerprint density at radius 2 is 1.93 bits per heavy atom. The molecule has 0 radical (unpaired) electrons. The maximum atomic E-state index is 13.4. The number of hydrogen-bond donors (Lipinski definition) is 0. The highest BCUT2D eigenvalue weighted by atomic mass is 32.1. The molecule has 2 aliphatic heterocycles. The predicted molar refractivity (Wildman–Crippen MR) is 110 cm³/mol. The molecule has 0 saturated carbocycles. The molecule has 5 nitrogen and oxygen atoms in total. The maximum absolute atomic E-state index is 13.4. The molecule has 2 aromatic carbocycles. The number of halogens is 1. The van der Waals surface area contributed by atoms with Gasteiger partial charge >= 0.3 is 5.97 Å². The normalized spacial score (nSPS) is 19.1. The van der Waals surface area contributed by atoms with Crippen molar-refractivity contribution < 1.29 is 18.7 Å². The Labute approximate surface area is 172 Å². The second-order valence-electron chi connectivity index (χ2n) is 7.60. The fraction of sp³-hybridized carbons (Fsp3) is 0.364. The van der Waals surface area contributed by atoms with E-state index in [4.69, 9.17) is 9.47 Å². The summed E-state index contributed by atoms with van der Waals surface area (Å²) in [5.41, 5.74) is 1.16. The molecule has 2 fully saturated rings. The van der Waals surface area contributed by atoms with Gasteiger partial charge in [-0.1, -0.05) is 41.7 Å². The summed E-state index contributed by atoms with van der Waals surface area (Å²) in [5.74, 6) is -0.422. The summed E-state index contributed by atoms with van der Waals surface area (Å²) >= 11 is 1.46. The summed E-state index contributed by atoms with van der Waals surface area (Å²) in [6.07, 6.45) is 1.11. The number of hydrogen-bond acceptors (Lipinski definition) is 6. The van der Waals surface area contributed by atoms with Crippen molar-refractivity contribution in [2.45, 2.75) is 24.4 Å². The zero-order valence-electron chi connectivity index (χ0n) is 15.8. The topological polar surface area (TPSA) is 51.7 Å². The van der Waals surface area contributed by atoms with Crippen LogP contribution < -0.4 is 4.90 Å². The van der Waals surface area contributed by atoms with Crippen LogP contribution in [0.3, 0.4) is 0 Å². The first-order valence-corrected chi connectivity index (χ1v) is 10.6. The van der Waals surface area contributed by atoms with Crippen LogP contribution in [0.5, 0.6) is 0 Å². The lowest BCUT2D eigenvalue weighted by atomic mass is 9.74. The minimum absolute atomic E-state index is 0.158. The number of anilines is 1. The molecule has 3 aromatic rings. The van der Waals surface area contributed by atoms with Crippen LogP contribution in [0.1, 0.15) is 18.4 Å². The molecule has 0 N–H and O–H groups in total. The summed E-state index contributed by atoms with van der Waals surface area (Å²) in [6.45, 7) is 2.33. The van der Waals surface area contributed by atoms with Gasteiger partial charge in [0.15, 0.2) is 5.13 Å². The van der Waals surface area contributed by atoms with Crippen LogP contribution >= 0.6 is 11.3 Å². The van der Waals surface area contributed by atoms with Crippen LogP contribution in [0.25, 0.3) is 10.2 Å². The van der Waals surface area contributed by atoms with Crippen LogP contribution in [-0.4, -0.2) is 43.4 Å². The highest BCUT2D eigenvalue weighted by molar-refractivity contribution is 7.22. The van der Waals surface area contributed by atoms with Crippen molar-refractivity contribution in [3.05, 3.63) is 59.9 Å². The molecule has 1 aromatic heterocycles. The first kappa shape index (κ1) is 18.5. The van der Waals surface area contributed by atoms with Crippen molar-refractivity contribution in [3.63, 3.8) is 0 Å². The Hall–Kier alpha value is -2.51. The number of esters is 1. The van der Waals surface area contributed by atoms with Gasteiger partial charge in [0.2, 0.25) is 0 Å². The summed E-state index contributed by atoms with van der Waals surface area (Å²) in [5, 5.41) is 0.835. The van der Waals surface area contributed by atoms with Gasteiger partial charge in [-0.2, -0.15) is 0 Å². The minimum Gasteiger partial charge on any atom is -0.458 e. The van der Waals surface area contributed by atoms with Crippen LogP contribution in [-0.2, 0) is 19.7 Å². The van der Waals surface area contributed by atoms with Crippen LogP contribution in [0.2, 0.25) is 0 Å². The van der Waals surface area contributed by atoms with Crippen molar-refractivity contribution in [2.24, 2.45) is 0 Å². The van der Waals surface area contributed by atoms with E-state index in [2.05, 4.69) is 9.88 Å². The summed E-state index contributed by atoms with van der Waals surface area (Å²) in [7, 11) is 0. The third-order valence-corrected chi connectivity index (χ3v) is 6.87. The molecule has 0 atom stereocenters. The largest absolute Gasteiger partial charge is 0.458 e. The van der Waals surface area contributed by atoms with Crippen LogP contribution in [0, 0.1) is 5.82 Å². The molecule has 0 aliphatic carbocycles. The Morgan fingerprint density at radius 3 is 2.69 bits per heavy atom. The van der Waals surface area contributed by atoms with Crippen LogP contribution in [0.4, 0.5) is 9.52 Å². The van der Waals surface area contributed by atoms with Gasteiger partial charge in [-0.3, -0.25) is 4.79 Å². The van der Waals surface area contributed by atoms with Crippen molar-refractivity contribution in [2.75, 3.05) is 31.2 Å². The molecule has 29 heavy (non-hydrogen) atoms. The Balaban J connectivity index is 1.27. The molecule has 7 heteroatoms. The van der Waals surface area contributed by atoms with E-state index < -0.39 is 5.41 Å². The molecular formula is C22H21FN2O3S. The number of fused-ring (bicyclic) bond motifs is 1. The molecule has 150 valence electrons. The van der Waals surface area contributed by atoms with Crippen LogP contribution in [0.15, 0.2) is 48.5 Å². The SMILES string of the molecule is O=C(OC1CN(c2nc3ccc(F)cc3s2)C1)C1(c2ccccc2)CCOCC1. The van der Waals surface area contributed by atoms with E-state index in [-0.39, 0.29) is 17.9 Å². The first-order valence-electron chi connectivity index (χ1n) is 9.79. The van der Waals surface area contributed by atoms with Crippen molar-refractivity contribution in [1.82, 2.24) is 4.98 Å². The van der Waals surface area contributed by atoms with Crippen molar-refractivity contribution in [3.8, 4) is 0 Å². The van der Waals surface area contributed by atoms with Gasteiger partial charge in [-0.25, -0.2) is 9.37 Å². The third-order valence-electron chi connectivity index (χ3n) is 5.79. The number of carbonyl (C=O) groups is 1. The van der Waals surface area contributed by atoms with E-state index in [0.29, 0.717) is 39.1 Å². The lowest BCUT2D eigenvalue weighted by Gasteiger charge is -2.42. The third kappa shape index (κ3) is 3.38. The first-order chi connectivity index (χ1) is 14.1. The Kier molecular flexibility index (Phi) is 4.72. The number of benzene rings is 2. The van der Waals surface area contributed by atoms with Crippen molar-refractivity contribution in [1.29, 1.82) is 0 Å². The fourth-order valence-electron chi connectivity index (χ4n) is 4.04.